The van der Waals surface area contributed by atoms with Gasteiger partial charge in [0.05, 0.1) is 0 Å². The van der Waals surface area contributed by atoms with Gasteiger partial charge in [-0.2, -0.15) is 0 Å². The number of fused-ring (bicyclic) bond motifs is 1. The Morgan fingerprint density at radius 1 is 1.03 bits per heavy atom. The zero-order valence-electron chi connectivity index (χ0n) is 16.1. The molecule has 0 radical (unpaired) electrons. The number of amides is 1. The van der Waals surface area contributed by atoms with Crippen LogP contribution in [-0.4, -0.2) is 12.5 Å². The van der Waals surface area contributed by atoms with Gasteiger partial charge >= 0.3 is 5.63 Å². The maximum absolute atomic E-state index is 13.0. The van der Waals surface area contributed by atoms with Crippen molar-refractivity contribution in [2.45, 2.75) is 6.92 Å². The molecule has 0 unspecified atom stereocenters. The molecule has 0 bridgehead atoms. The molecule has 4 rings (SSSR count). The molecule has 4 aromatic rings. The monoisotopic (exact) mass is 403 g/mol. The lowest BCUT2D eigenvalue weighted by Gasteiger charge is -2.12. The summed E-state index contributed by atoms with van der Waals surface area (Å²) < 4.78 is 24.0. The third-order valence-corrected chi connectivity index (χ3v) is 4.68. The van der Waals surface area contributed by atoms with Gasteiger partial charge in [-0.05, 0) is 54.4 Å². The van der Waals surface area contributed by atoms with E-state index in [2.05, 4.69) is 5.32 Å². The zero-order valence-corrected chi connectivity index (χ0v) is 16.1. The molecule has 0 saturated heterocycles. The molecule has 150 valence electrons. The van der Waals surface area contributed by atoms with Crippen LogP contribution in [0.3, 0.4) is 0 Å². The summed E-state index contributed by atoms with van der Waals surface area (Å²) in [5.41, 5.74) is 2.72. The molecule has 5 nitrogen and oxygen atoms in total. The SMILES string of the molecule is Cc1c(OCC(=O)Nc2ccc(F)cc2)ccc2c(-c3ccccc3)cc(=O)oc12. The van der Waals surface area contributed by atoms with Crippen molar-refractivity contribution >= 4 is 22.6 Å². The Bertz CT molecular complexity index is 1260. The summed E-state index contributed by atoms with van der Waals surface area (Å²) in [6.07, 6.45) is 0. The highest BCUT2D eigenvalue weighted by Crippen LogP contribution is 2.33. The summed E-state index contributed by atoms with van der Waals surface area (Å²) in [6.45, 7) is 1.53. The fraction of sp³-hybridized carbons (Fsp3) is 0.0833. The summed E-state index contributed by atoms with van der Waals surface area (Å²) in [6, 6.07) is 20.0. The summed E-state index contributed by atoms with van der Waals surface area (Å²) in [5, 5.41) is 3.41. The standard InChI is InChI=1S/C24H18FNO4/c1-15-21(29-14-22(27)26-18-9-7-17(25)8-10-18)12-11-19-20(13-23(28)30-24(15)19)16-5-3-2-4-6-16/h2-13H,14H2,1H3,(H,26,27). The molecule has 0 saturated carbocycles. The van der Waals surface area contributed by atoms with Crippen LogP contribution in [0.15, 0.2) is 82.0 Å². The molecular weight excluding hydrogens is 385 g/mol. The molecule has 0 aliphatic carbocycles. The van der Waals surface area contributed by atoms with E-state index in [1.165, 1.54) is 30.3 Å². The number of carbonyl (C=O) groups excluding carboxylic acids is 1. The van der Waals surface area contributed by atoms with E-state index in [0.29, 0.717) is 22.6 Å². The number of carbonyl (C=O) groups is 1. The van der Waals surface area contributed by atoms with Crippen molar-refractivity contribution < 1.29 is 18.3 Å². The summed E-state index contributed by atoms with van der Waals surface area (Å²) >= 11 is 0. The fourth-order valence-electron chi connectivity index (χ4n) is 3.23. The second-order valence-corrected chi connectivity index (χ2v) is 6.75. The summed E-state index contributed by atoms with van der Waals surface area (Å²) in [5.74, 6) is -0.335. The first kappa shape index (κ1) is 19.4. The summed E-state index contributed by atoms with van der Waals surface area (Å²) in [7, 11) is 0. The van der Waals surface area contributed by atoms with Crippen molar-refractivity contribution in [2.75, 3.05) is 11.9 Å². The van der Waals surface area contributed by atoms with Crippen molar-refractivity contribution in [1.29, 1.82) is 0 Å². The van der Waals surface area contributed by atoms with Gasteiger partial charge in [-0.3, -0.25) is 4.79 Å². The Kier molecular flexibility index (Phi) is 5.30. The van der Waals surface area contributed by atoms with Crippen LogP contribution in [-0.2, 0) is 4.79 Å². The van der Waals surface area contributed by atoms with Crippen LogP contribution in [0, 0.1) is 12.7 Å². The lowest BCUT2D eigenvalue weighted by Crippen LogP contribution is -2.20. The number of hydrogen-bond acceptors (Lipinski definition) is 4. The zero-order chi connectivity index (χ0) is 21.1. The predicted molar refractivity (Wildman–Crippen MR) is 113 cm³/mol. The average Bonchev–Trinajstić information content (AvgIpc) is 2.75. The number of hydrogen-bond donors (Lipinski definition) is 1. The average molecular weight is 403 g/mol. The minimum atomic E-state index is -0.462. The Morgan fingerprint density at radius 2 is 1.77 bits per heavy atom. The van der Waals surface area contributed by atoms with Gasteiger partial charge in [-0.1, -0.05) is 30.3 Å². The molecule has 0 spiro atoms. The molecule has 1 heterocycles. The van der Waals surface area contributed by atoms with Gasteiger partial charge < -0.3 is 14.5 Å². The Labute approximate surface area is 171 Å². The molecule has 0 atom stereocenters. The molecule has 30 heavy (non-hydrogen) atoms. The number of anilines is 1. The minimum absolute atomic E-state index is 0.244. The van der Waals surface area contributed by atoms with Crippen LogP contribution in [0.2, 0.25) is 0 Å². The van der Waals surface area contributed by atoms with Crippen molar-refractivity contribution in [3.8, 4) is 16.9 Å². The molecule has 0 aliphatic rings. The van der Waals surface area contributed by atoms with Gasteiger partial charge in [-0.25, -0.2) is 9.18 Å². The van der Waals surface area contributed by atoms with Crippen LogP contribution < -0.4 is 15.7 Å². The predicted octanol–water partition coefficient (Wildman–Crippen LogP) is 4.93. The van der Waals surface area contributed by atoms with Crippen molar-refractivity contribution in [3.05, 3.63) is 94.6 Å². The normalized spacial score (nSPS) is 10.7. The third-order valence-electron chi connectivity index (χ3n) is 4.68. The highest BCUT2D eigenvalue weighted by atomic mass is 19.1. The van der Waals surface area contributed by atoms with E-state index < -0.39 is 5.63 Å². The maximum Gasteiger partial charge on any atom is 0.336 e. The fourth-order valence-corrected chi connectivity index (χ4v) is 3.23. The van der Waals surface area contributed by atoms with Crippen LogP contribution >= 0.6 is 0 Å². The van der Waals surface area contributed by atoms with E-state index in [9.17, 15) is 14.0 Å². The Morgan fingerprint density at radius 3 is 2.50 bits per heavy atom. The highest BCUT2D eigenvalue weighted by molar-refractivity contribution is 5.96. The quantitative estimate of drug-likeness (QED) is 0.480. The number of nitrogens with one attached hydrogen (secondary N) is 1. The topological polar surface area (TPSA) is 68.5 Å². The number of halogens is 1. The van der Waals surface area contributed by atoms with Crippen molar-refractivity contribution in [2.24, 2.45) is 0 Å². The largest absolute Gasteiger partial charge is 0.483 e. The highest BCUT2D eigenvalue weighted by Gasteiger charge is 2.14. The van der Waals surface area contributed by atoms with Gasteiger partial charge in [0.15, 0.2) is 6.61 Å². The minimum Gasteiger partial charge on any atom is -0.483 e. The first-order valence-corrected chi connectivity index (χ1v) is 9.32. The second kappa shape index (κ2) is 8.21. The smallest absolute Gasteiger partial charge is 0.336 e. The molecular formula is C24H18FNO4. The molecule has 1 N–H and O–H groups in total. The van der Waals surface area contributed by atoms with E-state index >= 15 is 0 Å². The van der Waals surface area contributed by atoms with E-state index in [1.54, 1.807) is 19.1 Å². The lowest BCUT2D eigenvalue weighted by atomic mass is 10.0. The van der Waals surface area contributed by atoms with Crippen molar-refractivity contribution in [1.82, 2.24) is 0 Å². The van der Waals surface area contributed by atoms with E-state index in [4.69, 9.17) is 9.15 Å². The molecule has 1 amide bonds. The first-order chi connectivity index (χ1) is 14.5. The van der Waals surface area contributed by atoms with Crippen LogP contribution in [0.5, 0.6) is 5.75 Å². The number of aryl methyl sites for hydroxylation is 1. The first-order valence-electron chi connectivity index (χ1n) is 9.32. The van der Waals surface area contributed by atoms with E-state index in [-0.39, 0.29) is 18.3 Å². The molecule has 3 aromatic carbocycles. The van der Waals surface area contributed by atoms with Gasteiger partial charge in [0, 0.05) is 22.7 Å². The maximum atomic E-state index is 13.0. The number of ether oxygens (including phenoxy) is 1. The van der Waals surface area contributed by atoms with Gasteiger partial charge in [-0.15, -0.1) is 0 Å². The van der Waals surface area contributed by atoms with Gasteiger partial charge in [0.25, 0.3) is 5.91 Å². The van der Waals surface area contributed by atoms with Crippen LogP contribution in [0.4, 0.5) is 10.1 Å². The van der Waals surface area contributed by atoms with Crippen LogP contribution in [0.25, 0.3) is 22.1 Å². The van der Waals surface area contributed by atoms with Crippen LogP contribution in [0.1, 0.15) is 5.56 Å². The van der Waals surface area contributed by atoms with Gasteiger partial charge in [0.2, 0.25) is 0 Å². The second-order valence-electron chi connectivity index (χ2n) is 6.75. The number of rotatable bonds is 5. The lowest BCUT2D eigenvalue weighted by molar-refractivity contribution is -0.118. The van der Waals surface area contributed by atoms with Crippen molar-refractivity contribution in [3.63, 3.8) is 0 Å². The molecule has 1 aromatic heterocycles. The summed E-state index contributed by atoms with van der Waals surface area (Å²) in [4.78, 5) is 24.3. The van der Waals surface area contributed by atoms with E-state index in [1.807, 2.05) is 30.3 Å². The molecule has 6 heteroatoms. The third kappa shape index (κ3) is 4.07. The Balaban J connectivity index is 1.58. The number of benzene rings is 3. The molecule has 0 aliphatic heterocycles. The Hall–Kier alpha value is -3.93. The van der Waals surface area contributed by atoms with Gasteiger partial charge in [0.1, 0.15) is 17.1 Å². The molecule has 0 fully saturated rings. The van der Waals surface area contributed by atoms with E-state index in [0.717, 1.165) is 16.5 Å².